The van der Waals surface area contributed by atoms with Crippen molar-refractivity contribution in [1.82, 2.24) is 9.80 Å². The van der Waals surface area contributed by atoms with Crippen LogP contribution in [0.5, 0.6) is 5.75 Å². The molecule has 212 valence electrons. The average Bonchev–Trinajstić information content (AvgIpc) is 3.40. The third kappa shape index (κ3) is 7.74. The van der Waals surface area contributed by atoms with Crippen molar-refractivity contribution in [1.29, 1.82) is 0 Å². The van der Waals surface area contributed by atoms with Crippen LogP contribution in [-0.4, -0.2) is 33.5 Å². The SMILES string of the molecule is CCCCOc1cc([N+](=O)[O-])ccc1CN1C=CN(C(Cl)C(OCc2c(Cl)cccc2Cl)c2ccc(Cl)cc2)C1. The molecule has 0 aliphatic carbocycles. The summed E-state index contributed by atoms with van der Waals surface area (Å²) >= 11 is 25.9. The maximum absolute atomic E-state index is 11.3. The number of non-ortho nitro benzene ring substituents is 1. The maximum atomic E-state index is 11.3. The van der Waals surface area contributed by atoms with Crippen LogP contribution in [0.4, 0.5) is 5.69 Å². The standard InChI is InChI=1S/C29H29Cl4N3O4/c1-2-3-15-39-27-16-23(36(37)38)12-9-21(27)17-34-13-14-35(19-34)29(33)28(20-7-10-22(30)11-8-20)40-18-24-25(31)5-4-6-26(24)32/h4-14,16,28-29H,2-3,15,17-19H2,1H3. The predicted molar refractivity (Wildman–Crippen MR) is 160 cm³/mol. The number of nitrogens with zero attached hydrogens (tertiary/aromatic N) is 3. The average molecular weight is 625 g/mol. The fourth-order valence-electron chi connectivity index (χ4n) is 4.22. The van der Waals surface area contributed by atoms with Gasteiger partial charge in [0.05, 0.1) is 30.9 Å². The van der Waals surface area contributed by atoms with Gasteiger partial charge in [0, 0.05) is 51.2 Å². The van der Waals surface area contributed by atoms with Crippen molar-refractivity contribution in [3.05, 3.63) is 115 Å². The van der Waals surface area contributed by atoms with Crippen molar-refractivity contribution in [3.63, 3.8) is 0 Å². The van der Waals surface area contributed by atoms with Crippen LogP contribution in [0.25, 0.3) is 0 Å². The zero-order valence-electron chi connectivity index (χ0n) is 21.8. The Labute approximate surface area is 253 Å². The summed E-state index contributed by atoms with van der Waals surface area (Å²) in [6.07, 6.45) is 5.11. The third-order valence-corrected chi connectivity index (χ3v) is 7.88. The van der Waals surface area contributed by atoms with Crippen LogP contribution in [0.1, 0.15) is 42.6 Å². The Morgan fingerprint density at radius 2 is 1.75 bits per heavy atom. The van der Waals surface area contributed by atoms with Gasteiger partial charge in [-0.15, -0.1) is 0 Å². The first-order chi connectivity index (χ1) is 19.3. The first-order valence-electron chi connectivity index (χ1n) is 12.8. The molecule has 0 saturated heterocycles. The van der Waals surface area contributed by atoms with Crippen molar-refractivity contribution in [3.8, 4) is 5.75 Å². The lowest BCUT2D eigenvalue weighted by Crippen LogP contribution is -2.35. The molecule has 0 bridgehead atoms. The minimum Gasteiger partial charge on any atom is -0.493 e. The highest BCUT2D eigenvalue weighted by Gasteiger charge is 2.30. The van der Waals surface area contributed by atoms with Crippen LogP contribution in [0, 0.1) is 10.1 Å². The molecule has 11 heteroatoms. The fraction of sp³-hybridized carbons (Fsp3) is 0.310. The zero-order valence-corrected chi connectivity index (χ0v) is 24.8. The van der Waals surface area contributed by atoms with Gasteiger partial charge in [-0.2, -0.15) is 0 Å². The topological polar surface area (TPSA) is 68.1 Å². The van der Waals surface area contributed by atoms with Crippen LogP contribution in [-0.2, 0) is 17.9 Å². The van der Waals surface area contributed by atoms with Gasteiger partial charge in [-0.3, -0.25) is 10.1 Å². The Morgan fingerprint density at radius 3 is 2.42 bits per heavy atom. The molecule has 0 spiro atoms. The molecular weight excluding hydrogens is 596 g/mol. The van der Waals surface area contributed by atoms with Gasteiger partial charge < -0.3 is 19.3 Å². The van der Waals surface area contributed by atoms with Crippen LogP contribution < -0.4 is 4.74 Å². The largest absolute Gasteiger partial charge is 0.493 e. The number of unbranched alkanes of at least 4 members (excludes halogenated alkanes) is 1. The number of hydrogen-bond acceptors (Lipinski definition) is 6. The van der Waals surface area contributed by atoms with Gasteiger partial charge in [0.25, 0.3) is 5.69 Å². The predicted octanol–water partition coefficient (Wildman–Crippen LogP) is 8.80. The lowest BCUT2D eigenvalue weighted by Gasteiger charge is -2.32. The van der Waals surface area contributed by atoms with E-state index in [0.29, 0.717) is 46.2 Å². The lowest BCUT2D eigenvalue weighted by molar-refractivity contribution is -0.385. The van der Waals surface area contributed by atoms with E-state index in [9.17, 15) is 10.1 Å². The molecule has 4 rings (SSSR count). The molecule has 1 aliphatic heterocycles. The van der Waals surface area contributed by atoms with E-state index in [2.05, 4.69) is 6.92 Å². The van der Waals surface area contributed by atoms with Gasteiger partial charge in [0.1, 0.15) is 17.4 Å². The van der Waals surface area contributed by atoms with Gasteiger partial charge in [0.15, 0.2) is 0 Å². The first-order valence-corrected chi connectivity index (χ1v) is 14.4. The van der Waals surface area contributed by atoms with E-state index in [-0.39, 0.29) is 12.3 Å². The number of ether oxygens (including phenoxy) is 2. The second-order valence-electron chi connectivity index (χ2n) is 9.31. The van der Waals surface area contributed by atoms with E-state index >= 15 is 0 Å². The Morgan fingerprint density at radius 1 is 1.02 bits per heavy atom. The van der Waals surface area contributed by atoms with Crippen LogP contribution >= 0.6 is 46.4 Å². The molecule has 2 atom stereocenters. The summed E-state index contributed by atoms with van der Waals surface area (Å²) in [5, 5.41) is 12.9. The van der Waals surface area contributed by atoms with Crippen molar-refractivity contribution < 1.29 is 14.4 Å². The monoisotopic (exact) mass is 623 g/mol. The molecule has 3 aromatic carbocycles. The Hall–Kier alpha value is -2.68. The van der Waals surface area contributed by atoms with Crippen molar-refractivity contribution in [2.24, 2.45) is 0 Å². The number of nitro groups is 1. The molecule has 40 heavy (non-hydrogen) atoms. The normalized spacial score (nSPS) is 14.4. The van der Waals surface area contributed by atoms with Crippen molar-refractivity contribution in [2.45, 2.75) is 44.5 Å². The molecule has 1 aliphatic rings. The van der Waals surface area contributed by atoms with E-state index in [1.807, 2.05) is 34.3 Å². The van der Waals surface area contributed by atoms with Gasteiger partial charge in [-0.05, 0) is 42.3 Å². The molecule has 1 heterocycles. The van der Waals surface area contributed by atoms with E-state index in [1.165, 1.54) is 12.1 Å². The molecule has 3 aromatic rings. The van der Waals surface area contributed by atoms with Crippen LogP contribution in [0.15, 0.2) is 73.1 Å². The minimum atomic E-state index is -0.583. The Bertz CT molecular complexity index is 1320. The van der Waals surface area contributed by atoms with Crippen molar-refractivity contribution >= 4 is 52.1 Å². The van der Waals surface area contributed by atoms with Gasteiger partial charge in [-0.1, -0.05) is 77.9 Å². The summed E-state index contributed by atoms with van der Waals surface area (Å²) in [5.41, 5.74) is 1.79. The van der Waals surface area contributed by atoms with Crippen LogP contribution in [0.2, 0.25) is 15.1 Å². The van der Waals surface area contributed by atoms with Gasteiger partial charge >= 0.3 is 0 Å². The molecule has 7 nitrogen and oxygen atoms in total. The second-order valence-corrected chi connectivity index (χ2v) is 11.0. The Kier molecular flexibility index (Phi) is 10.8. The molecule has 0 aromatic heterocycles. The number of hydrogen-bond donors (Lipinski definition) is 0. The number of alkyl halides is 1. The molecule has 0 saturated carbocycles. The summed E-state index contributed by atoms with van der Waals surface area (Å²) in [4.78, 5) is 14.9. The maximum Gasteiger partial charge on any atom is 0.273 e. The summed E-state index contributed by atoms with van der Waals surface area (Å²) < 4.78 is 12.2. The highest BCUT2D eigenvalue weighted by Crippen LogP contribution is 2.34. The number of halogens is 4. The molecule has 0 radical (unpaired) electrons. The number of nitro benzene ring substituents is 1. The van der Waals surface area contributed by atoms with Gasteiger partial charge in [-0.25, -0.2) is 0 Å². The summed E-state index contributed by atoms with van der Waals surface area (Å²) in [7, 11) is 0. The summed E-state index contributed by atoms with van der Waals surface area (Å²) in [6.45, 7) is 3.68. The highest BCUT2D eigenvalue weighted by atomic mass is 35.5. The summed E-state index contributed by atoms with van der Waals surface area (Å²) in [6, 6.07) is 17.4. The van der Waals surface area contributed by atoms with E-state index < -0.39 is 16.5 Å². The van der Waals surface area contributed by atoms with E-state index in [1.54, 1.807) is 36.4 Å². The molecule has 2 unspecified atom stereocenters. The smallest absolute Gasteiger partial charge is 0.273 e. The number of rotatable bonds is 13. The van der Waals surface area contributed by atoms with Gasteiger partial charge in [0.2, 0.25) is 0 Å². The first kappa shape index (κ1) is 30.3. The minimum absolute atomic E-state index is 0.00348. The second kappa shape index (κ2) is 14.3. The lowest BCUT2D eigenvalue weighted by atomic mass is 10.1. The van der Waals surface area contributed by atoms with E-state index in [4.69, 9.17) is 55.9 Å². The molecule has 0 fully saturated rings. The molecular formula is C29H29Cl4N3O4. The molecule has 0 amide bonds. The zero-order chi connectivity index (χ0) is 28.6. The van der Waals surface area contributed by atoms with Crippen LogP contribution in [0.3, 0.4) is 0 Å². The Balaban J connectivity index is 1.49. The fourth-order valence-corrected chi connectivity index (χ4v) is 5.20. The third-order valence-electron chi connectivity index (χ3n) is 6.44. The number of benzene rings is 3. The highest BCUT2D eigenvalue weighted by molar-refractivity contribution is 6.36. The summed E-state index contributed by atoms with van der Waals surface area (Å²) in [5.74, 6) is 0.510. The quantitative estimate of drug-likeness (QED) is 0.0622. The van der Waals surface area contributed by atoms with E-state index in [0.717, 1.165) is 24.0 Å². The van der Waals surface area contributed by atoms with Crippen molar-refractivity contribution in [2.75, 3.05) is 13.3 Å². The molecule has 0 N–H and O–H groups in total.